The minimum atomic E-state index is -0.249. The number of rotatable bonds is 4. The summed E-state index contributed by atoms with van der Waals surface area (Å²) in [4.78, 5) is 13.3. The van der Waals surface area contributed by atoms with Gasteiger partial charge in [-0.3, -0.25) is 9.67 Å². The van der Waals surface area contributed by atoms with Crippen molar-refractivity contribution in [2.24, 2.45) is 12.0 Å². The summed E-state index contributed by atoms with van der Waals surface area (Å²) in [7, 11) is 3.82. The lowest BCUT2D eigenvalue weighted by Gasteiger charge is -2.38. The summed E-state index contributed by atoms with van der Waals surface area (Å²) < 4.78 is 17.0. The van der Waals surface area contributed by atoms with E-state index in [0.717, 1.165) is 42.8 Å². The van der Waals surface area contributed by atoms with Gasteiger partial charge < -0.3 is 9.80 Å². The number of aromatic nitrogens is 3. The van der Waals surface area contributed by atoms with Gasteiger partial charge in [0.25, 0.3) is 0 Å². The third kappa shape index (κ3) is 3.22. The third-order valence-electron chi connectivity index (χ3n) is 5.38. The number of likely N-dealkylation sites (N-methyl/N-ethyl adjacent to an activating group) is 1. The smallest absolute Gasteiger partial charge is 0.171 e. The van der Waals surface area contributed by atoms with Crippen molar-refractivity contribution in [1.29, 1.82) is 0 Å². The number of allylic oxidation sites excluding steroid dienone is 1. The van der Waals surface area contributed by atoms with Crippen molar-refractivity contribution in [3.8, 4) is 11.3 Å². The van der Waals surface area contributed by atoms with Crippen molar-refractivity contribution in [3.63, 3.8) is 0 Å². The summed E-state index contributed by atoms with van der Waals surface area (Å²) in [6.45, 7) is 4.31. The molecule has 2 aromatic heterocycles. The van der Waals surface area contributed by atoms with E-state index in [4.69, 9.17) is 4.98 Å². The summed E-state index contributed by atoms with van der Waals surface area (Å²) in [5.74, 6) is 0.159. The topological polar surface area (TPSA) is 49.6 Å². The second kappa shape index (κ2) is 7.13. The average molecular weight is 368 g/mol. The highest BCUT2D eigenvalue weighted by atomic mass is 19.1. The van der Waals surface area contributed by atoms with Crippen LogP contribution in [0.15, 0.2) is 29.7 Å². The van der Waals surface area contributed by atoms with Gasteiger partial charge in [0.1, 0.15) is 0 Å². The highest BCUT2D eigenvalue weighted by molar-refractivity contribution is 5.93. The number of fused-ring (bicyclic) bond motifs is 1. The molecule has 0 aliphatic carbocycles. The molecule has 0 radical (unpaired) electrons. The predicted molar refractivity (Wildman–Crippen MR) is 106 cm³/mol. The zero-order chi connectivity index (χ0) is 19.0. The number of aryl methyl sites for hydroxylation is 1. The number of hydrogen-bond acceptors (Lipinski definition) is 5. The third-order valence-corrected chi connectivity index (χ3v) is 5.38. The molecule has 6 nitrogen and oxygen atoms in total. The van der Waals surface area contributed by atoms with Gasteiger partial charge in [0.15, 0.2) is 11.6 Å². The van der Waals surface area contributed by atoms with Crippen molar-refractivity contribution in [2.45, 2.75) is 32.4 Å². The van der Waals surface area contributed by atoms with Crippen molar-refractivity contribution in [2.75, 3.05) is 25.0 Å². The Labute approximate surface area is 159 Å². The second-order valence-electron chi connectivity index (χ2n) is 7.25. The monoisotopic (exact) mass is 368 g/mol. The SMILES string of the molecule is CC=CN1CCCC(N(C)c2nc(-c3cnn(C)c3)c3c(c2F)CN=C3)C1. The number of aliphatic imine (C=N–C) groups is 1. The summed E-state index contributed by atoms with van der Waals surface area (Å²) in [6, 6.07) is 0.221. The Kier molecular flexibility index (Phi) is 4.68. The molecule has 0 bridgehead atoms. The van der Waals surface area contributed by atoms with Gasteiger partial charge in [0, 0.05) is 62.3 Å². The lowest BCUT2D eigenvalue weighted by Crippen LogP contribution is -2.45. The number of halogens is 1. The van der Waals surface area contributed by atoms with Gasteiger partial charge in [0.2, 0.25) is 0 Å². The van der Waals surface area contributed by atoms with Crippen LogP contribution < -0.4 is 4.90 Å². The van der Waals surface area contributed by atoms with Crippen LogP contribution in [0.5, 0.6) is 0 Å². The lowest BCUT2D eigenvalue weighted by atomic mass is 10.0. The summed E-state index contributed by atoms with van der Waals surface area (Å²) in [5.41, 5.74) is 3.04. The van der Waals surface area contributed by atoms with Gasteiger partial charge in [-0.2, -0.15) is 5.10 Å². The van der Waals surface area contributed by atoms with E-state index >= 15 is 4.39 Å². The molecule has 1 unspecified atom stereocenters. The van der Waals surface area contributed by atoms with Crippen molar-refractivity contribution < 1.29 is 4.39 Å². The number of hydrogen-bond donors (Lipinski definition) is 0. The van der Waals surface area contributed by atoms with E-state index in [-0.39, 0.29) is 11.9 Å². The zero-order valence-electron chi connectivity index (χ0n) is 16.1. The molecule has 0 saturated carbocycles. The fourth-order valence-corrected chi connectivity index (χ4v) is 3.95. The van der Waals surface area contributed by atoms with Crippen LogP contribution in [0.25, 0.3) is 11.3 Å². The molecule has 2 aliphatic heterocycles. The Hall–Kier alpha value is -2.70. The van der Waals surface area contributed by atoms with Gasteiger partial charge in [-0.1, -0.05) is 6.08 Å². The quantitative estimate of drug-likeness (QED) is 0.833. The maximum Gasteiger partial charge on any atom is 0.171 e. The zero-order valence-corrected chi connectivity index (χ0v) is 16.1. The number of likely N-dealkylation sites (tertiary alicyclic amines) is 1. The standard InChI is InChI=1S/C20H25FN6/c1-4-7-27-8-5-6-15(13-27)26(3)20-18(21)16-10-22-11-17(16)19(24-20)14-9-23-25(2)12-14/h4,7,9,11-12,15H,5-6,8,10,13H2,1-3H3. The van der Waals surface area contributed by atoms with E-state index in [1.165, 1.54) is 0 Å². The molecule has 1 saturated heterocycles. The van der Waals surface area contributed by atoms with Crippen LogP contribution in [-0.2, 0) is 13.6 Å². The fraction of sp³-hybridized carbons (Fsp3) is 0.450. The molecule has 4 rings (SSSR count). The van der Waals surface area contributed by atoms with Crippen molar-refractivity contribution in [1.82, 2.24) is 19.7 Å². The first-order chi connectivity index (χ1) is 13.1. The van der Waals surface area contributed by atoms with Crippen molar-refractivity contribution >= 4 is 12.0 Å². The summed E-state index contributed by atoms with van der Waals surface area (Å²) in [5, 5.41) is 4.25. The summed E-state index contributed by atoms with van der Waals surface area (Å²) >= 11 is 0. The maximum absolute atomic E-state index is 15.3. The number of piperidine rings is 1. The molecule has 1 atom stereocenters. The molecular formula is C20H25FN6. The molecular weight excluding hydrogens is 343 g/mol. The average Bonchev–Trinajstić information content (AvgIpc) is 3.32. The molecule has 0 aromatic carbocycles. The first-order valence-electron chi connectivity index (χ1n) is 9.39. The molecule has 0 N–H and O–H groups in total. The lowest BCUT2D eigenvalue weighted by molar-refractivity contribution is 0.274. The molecule has 7 heteroatoms. The van der Waals surface area contributed by atoms with Crippen LogP contribution in [-0.4, -0.2) is 52.1 Å². The van der Waals surface area contributed by atoms with Gasteiger partial charge in [-0.25, -0.2) is 9.37 Å². The van der Waals surface area contributed by atoms with Crippen LogP contribution in [0, 0.1) is 5.82 Å². The van der Waals surface area contributed by atoms with Crippen LogP contribution in [0.1, 0.15) is 30.9 Å². The van der Waals surface area contributed by atoms with Crippen LogP contribution in [0.2, 0.25) is 0 Å². The van der Waals surface area contributed by atoms with E-state index in [1.807, 2.05) is 32.1 Å². The van der Waals surface area contributed by atoms with Gasteiger partial charge >= 0.3 is 0 Å². The molecule has 2 aliphatic rings. The highest BCUT2D eigenvalue weighted by Gasteiger charge is 2.29. The molecule has 27 heavy (non-hydrogen) atoms. The fourth-order valence-electron chi connectivity index (χ4n) is 3.95. The van der Waals surface area contributed by atoms with Crippen LogP contribution in [0.4, 0.5) is 10.2 Å². The van der Waals surface area contributed by atoms with E-state index in [0.29, 0.717) is 17.9 Å². The first-order valence-corrected chi connectivity index (χ1v) is 9.39. The van der Waals surface area contributed by atoms with E-state index in [9.17, 15) is 0 Å². The Morgan fingerprint density at radius 2 is 2.22 bits per heavy atom. The maximum atomic E-state index is 15.3. The molecule has 4 heterocycles. The van der Waals surface area contributed by atoms with E-state index in [2.05, 4.69) is 27.3 Å². The largest absolute Gasteiger partial charge is 0.376 e. The molecule has 2 aromatic rings. The van der Waals surface area contributed by atoms with E-state index in [1.54, 1.807) is 17.1 Å². The Bertz CT molecular complexity index is 900. The minimum absolute atomic E-state index is 0.221. The van der Waals surface area contributed by atoms with Crippen LogP contribution in [0.3, 0.4) is 0 Å². The molecule has 0 spiro atoms. The van der Waals surface area contributed by atoms with Gasteiger partial charge in [-0.15, -0.1) is 0 Å². The van der Waals surface area contributed by atoms with Gasteiger partial charge in [0.05, 0.1) is 18.4 Å². The number of nitrogens with zero attached hydrogens (tertiary/aromatic N) is 6. The van der Waals surface area contributed by atoms with Crippen LogP contribution >= 0.6 is 0 Å². The highest BCUT2D eigenvalue weighted by Crippen LogP contribution is 2.34. The van der Waals surface area contributed by atoms with Gasteiger partial charge in [-0.05, 0) is 26.0 Å². The number of pyridine rings is 1. The Balaban J connectivity index is 1.73. The molecule has 142 valence electrons. The Morgan fingerprint density at radius 1 is 1.37 bits per heavy atom. The predicted octanol–water partition coefficient (Wildman–Crippen LogP) is 2.99. The molecule has 1 fully saturated rings. The Morgan fingerprint density at radius 3 is 2.96 bits per heavy atom. The normalized spacial score (nSPS) is 19.1. The van der Waals surface area contributed by atoms with Crippen molar-refractivity contribution in [3.05, 3.63) is 41.6 Å². The second-order valence-corrected chi connectivity index (χ2v) is 7.25. The number of anilines is 1. The minimum Gasteiger partial charge on any atom is -0.376 e. The summed E-state index contributed by atoms with van der Waals surface area (Å²) in [6.07, 6.45) is 11.7. The van der Waals surface area contributed by atoms with E-state index < -0.39 is 0 Å². The molecule has 0 amide bonds. The first kappa shape index (κ1) is 17.7.